The molecule has 0 saturated carbocycles. The van der Waals surface area contributed by atoms with Crippen molar-refractivity contribution < 1.29 is 0 Å². The fourth-order valence-electron chi connectivity index (χ4n) is 1.23. The molecule has 0 aromatic carbocycles. The van der Waals surface area contributed by atoms with Crippen LogP contribution in [0.1, 0.15) is 11.4 Å². The molecule has 0 fully saturated rings. The molecule has 2 aromatic rings. The summed E-state index contributed by atoms with van der Waals surface area (Å²) < 4.78 is 2.00. The Balaban J connectivity index is 2.31. The molecular weight excluding hydrogens is 196 g/mol. The highest BCUT2D eigenvalue weighted by Gasteiger charge is 2.10. The van der Waals surface area contributed by atoms with Crippen LogP contribution in [0.2, 0.25) is 0 Å². The molecule has 0 atom stereocenters. The third-order valence-electron chi connectivity index (χ3n) is 2.03. The molecule has 0 bridgehead atoms. The number of aryl methyl sites for hydroxylation is 3. The van der Waals surface area contributed by atoms with Crippen molar-refractivity contribution in [2.75, 3.05) is 0 Å². The van der Waals surface area contributed by atoms with E-state index < -0.39 is 0 Å². The van der Waals surface area contributed by atoms with Crippen LogP contribution in [0.15, 0.2) is 22.4 Å². The van der Waals surface area contributed by atoms with Crippen molar-refractivity contribution in [1.29, 1.82) is 0 Å². The van der Waals surface area contributed by atoms with Gasteiger partial charge in [0.2, 0.25) is 0 Å². The van der Waals surface area contributed by atoms with Crippen LogP contribution in [0.25, 0.3) is 0 Å². The Morgan fingerprint density at radius 3 is 2.71 bits per heavy atom. The van der Waals surface area contributed by atoms with E-state index >= 15 is 0 Å². The van der Waals surface area contributed by atoms with Crippen molar-refractivity contribution in [3.63, 3.8) is 0 Å². The predicted molar refractivity (Wildman–Crippen MR) is 55.4 cm³/mol. The Labute approximate surface area is 86.7 Å². The molecule has 0 amide bonds. The Morgan fingerprint density at radius 2 is 2.21 bits per heavy atom. The second kappa shape index (κ2) is 3.49. The first-order valence-electron chi connectivity index (χ1n) is 4.35. The van der Waals surface area contributed by atoms with E-state index in [-0.39, 0.29) is 0 Å². The molecule has 2 aromatic heterocycles. The van der Waals surface area contributed by atoms with Gasteiger partial charge in [-0.25, -0.2) is 4.98 Å². The van der Waals surface area contributed by atoms with Crippen molar-refractivity contribution in [2.45, 2.75) is 23.9 Å². The highest BCUT2D eigenvalue weighted by molar-refractivity contribution is 7.99. The normalized spacial score (nSPS) is 10.8. The molecule has 0 aliphatic rings. The third-order valence-corrected chi connectivity index (χ3v) is 3.41. The van der Waals surface area contributed by atoms with Crippen LogP contribution in [0.5, 0.6) is 0 Å². The maximum atomic E-state index is 4.26. The van der Waals surface area contributed by atoms with Gasteiger partial charge in [0.15, 0.2) is 5.16 Å². The number of rotatable bonds is 2. The first-order valence-corrected chi connectivity index (χ1v) is 5.17. The molecule has 0 saturated heterocycles. The van der Waals surface area contributed by atoms with Crippen molar-refractivity contribution in [3.05, 3.63) is 23.8 Å². The number of hydrogen-bond donors (Lipinski definition) is 1. The highest BCUT2D eigenvalue weighted by atomic mass is 32.2. The van der Waals surface area contributed by atoms with E-state index in [2.05, 4.69) is 15.2 Å². The largest absolute Gasteiger partial charge is 0.329 e. The quantitative estimate of drug-likeness (QED) is 0.820. The maximum Gasteiger partial charge on any atom is 0.172 e. The predicted octanol–water partition coefficient (Wildman–Crippen LogP) is 1.91. The minimum Gasteiger partial charge on any atom is -0.329 e. The topological polar surface area (TPSA) is 46.5 Å². The molecule has 0 radical (unpaired) electrons. The molecule has 14 heavy (non-hydrogen) atoms. The maximum absolute atomic E-state index is 4.26. The van der Waals surface area contributed by atoms with Crippen molar-refractivity contribution in [2.24, 2.45) is 7.05 Å². The summed E-state index contributed by atoms with van der Waals surface area (Å²) in [5.74, 6) is 0. The van der Waals surface area contributed by atoms with Crippen molar-refractivity contribution in [3.8, 4) is 0 Å². The molecule has 5 heteroatoms. The van der Waals surface area contributed by atoms with Crippen LogP contribution in [0, 0.1) is 13.8 Å². The lowest BCUT2D eigenvalue weighted by Crippen LogP contribution is -1.89. The average Bonchev–Trinajstić information content (AvgIpc) is 2.67. The van der Waals surface area contributed by atoms with Gasteiger partial charge >= 0.3 is 0 Å². The van der Waals surface area contributed by atoms with E-state index in [1.807, 2.05) is 31.7 Å². The first kappa shape index (κ1) is 9.33. The number of H-pyrrole nitrogens is 1. The van der Waals surface area contributed by atoms with E-state index in [0.717, 1.165) is 16.5 Å². The summed E-state index contributed by atoms with van der Waals surface area (Å²) >= 11 is 1.64. The lowest BCUT2D eigenvalue weighted by molar-refractivity contribution is 0.789. The molecule has 74 valence electrons. The fourth-order valence-corrected chi connectivity index (χ4v) is 2.13. The van der Waals surface area contributed by atoms with E-state index in [9.17, 15) is 0 Å². The Morgan fingerprint density at radius 1 is 1.43 bits per heavy atom. The van der Waals surface area contributed by atoms with E-state index in [4.69, 9.17) is 0 Å². The van der Waals surface area contributed by atoms with Crippen LogP contribution in [0.4, 0.5) is 0 Å². The van der Waals surface area contributed by atoms with Gasteiger partial charge < -0.3 is 4.57 Å². The summed E-state index contributed by atoms with van der Waals surface area (Å²) in [6.45, 7) is 4.01. The molecular formula is C9H12N4S. The fraction of sp³-hybridized carbons (Fsp3) is 0.333. The van der Waals surface area contributed by atoms with Crippen molar-refractivity contribution >= 4 is 11.8 Å². The van der Waals surface area contributed by atoms with E-state index in [0.29, 0.717) is 0 Å². The van der Waals surface area contributed by atoms with Gasteiger partial charge in [0, 0.05) is 25.1 Å². The van der Waals surface area contributed by atoms with Crippen molar-refractivity contribution in [1.82, 2.24) is 19.7 Å². The minimum absolute atomic E-state index is 0.984. The molecule has 2 heterocycles. The number of aromatic nitrogens is 4. The van der Waals surface area contributed by atoms with Gasteiger partial charge in [0.1, 0.15) is 0 Å². The Hall–Kier alpha value is -1.23. The zero-order valence-corrected chi connectivity index (χ0v) is 9.22. The van der Waals surface area contributed by atoms with Gasteiger partial charge in [0.25, 0.3) is 0 Å². The van der Waals surface area contributed by atoms with Gasteiger partial charge in [-0.2, -0.15) is 5.10 Å². The second-order valence-electron chi connectivity index (χ2n) is 3.19. The monoisotopic (exact) mass is 208 g/mol. The van der Waals surface area contributed by atoms with E-state index in [1.54, 1.807) is 18.0 Å². The summed E-state index contributed by atoms with van der Waals surface area (Å²) in [6.07, 6.45) is 3.74. The van der Waals surface area contributed by atoms with Gasteiger partial charge in [0.05, 0.1) is 10.6 Å². The number of nitrogens with one attached hydrogen (secondary N) is 1. The zero-order chi connectivity index (χ0) is 10.1. The van der Waals surface area contributed by atoms with E-state index in [1.165, 1.54) is 4.90 Å². The summed E-state index contributed by atoms with van der Waals surface area (Å²) in [7, 11) is 1.99. The minimum atomic E-state index is 0.984. The van der Waals surface area contributed by atoms with Crippen LogP contribution in [-0.2, 0) is 7.05 Å². The van der Waals surface area contributed by atoms with Crippen LogP contribution in [-0.4, -0.2) is 19.7 Å². The second-order valence-corrected chi connectivity index (χ2v) is 4.16. The summed E-state index contributed by atoms with van der Waals surface area (Å²) in [4.78, 5) is 5.42. The molecule has 1 N–H and O–H groups in total. The van der Waals surface area contributed by atoms with Crippen LogP contribution < -0.4 is 0 Å². The van der Waals surface area contributed by atoms with Gasteiger partial charge in [-0.15, -0.1) is 0 Å². The first-order chi connectivity index (χ1) is 6.68. The summed E-state index contributed by atoms with van der Waals surface area (Å²) in [5.41, 5.74) is 2.12. The molecule has 0 unspecified atom stereocenters. The number of aromatic amines is 1. The molecule has 2 rings (SSSR count). The lowest BCUT2D eigenvalue weighted by Gasteiger charge is -2.00. The molecule has 4 nitrogen and oxygen atoms in total. The molecule has 0 aliphatic carbocycles. The number of nitrogens with zero attached hydrogens (tertiary/aromatic N) is 3. The van der Waals surface area contributed by atoms with Crippen LogP contribution >= 0.6 is 11.8 Å². The summed E-state index contributed by atoms with van der Waals surface area (Å²) in [5, 5.41) is 8.09. The standard InChI is InChI=1S/C9H12N4S/c1-6-8(7(2)12-11-6)14-9-10-4-5-13(9)3/h4-5H,1-3H3,(H,11,12). The van der Waals surface area contributed by atoms with Crippen LogP contribution in [0.3, 0.4) is 0 Å². The number of hydrogen-bond acceptors (Lipinski definition) is 3. The lowest BCUT2D eigenvalue weighted by atomic mass is 10.4. The summed E-state index contributed by atoms with van der Waals surface area (Å²) in [6, 6.07) is 0. The molecule has 0 spiro atoms. The molecule has 0 aliphatic heterocycles. The SMILES string of the molecule is Cc1n[nH]c(C)c1Sc1nccn1C. The Bertz CT molecular complexity index is 424. The highest BCUT2D eigenvalue weighted by Crippen LogP contribution is 2.29. The van der Waals surface area contributed by atoms with Gasteiger partial charge in [-0.05, 0) is 25.6 Å². The average molecular weight is 208 g/mol. The zero-order valence-electron chi connectivity index (χ0n) is 8.40. The van der Waals surface area contributed by atoms with Gasteiger partial charge in [-0.1, -0.05) is 0 Å². The smallest absolute Gasteiger partial charge is 0.172 e. The van der Waals surface area contributed by atoms with Gasteiger partial charge in [-0.3, -0.25) is 5.10 Å². The third kappa shape index (κ3) is 1.55. The Kier molecular flexibility index (Phi) is 2.33. The number of imidazole rings is 1.